The smallest absolute Gasteiger partial charge is 0.255 e. The molecule has 0 aliphatic rings. The molecule has 0 heterocycles. The standard InChI is InChI=1S/C15H13BrClNOS/c1-2-20-14-6-4-3-5-13(14)18-15(19)10-7-8-12(17)11(16)9-10/h3-9H,2H2,1H3,(H,18,19). The van der Waals surface area contributed by atoms with Crippen LogP contribution >= 0.6 is 39.3 Å². The number of rotatable bonds is 4. The molecular formula is C15H13BrClNOS. The summed E-state index contributed by atoms with van der Waals surface area (Å²) in [6.07, 6.45) is 0. The summed E-state index contributed by atoms with van der Waals surface area (Å²) in [5.41, 5.74) is 1.40. The van der Waals surface area contributed by atoms with E-state index in [1.54, 1.807) is 30.0 Å². The van der Waals surface area contributed by atoms with Crippen LogP contribution in [0.2, 0.25) is 5.02 Å². The minimum atomic E-state index is -0.147. The van der Waals surface area contributed by atoms with Crippen molar-refractivity contribution in [1.29, 1.82) is 0 Å². The second-order valence-corrected chi connectivity index (χ2v) is 6.58. The third kappa shape index (κ3) is 3.78. The third-order valence-corrected chi connectivity index (χ3v) is 4.79. The Kier molecular flexibility index (Phi) is 5.52. The molecule has 5 heteroatoms. The first kappa shape index (κ1) is 15.4. The van der Waals surface area contributed by atoms with Gasteiger partial charge in [-0.1, -0.05) is 30.7 Å². The normalized spacial score (nSPS) is 10.3. The predicted octanol–water partition coefficient (Wildman–Crippen LogP) is 5.47. The lowest BCUT2D eigenvalue weighted by atomic mass is 10.2. The van der Waals surface area contributed by atoms with E-state index in [-0.39, 0.29) is 5.91 Å². The van der Waals surface area contributed by atoms with E-state index < -0.39 is 0 Å². The van der Waals surface area contributed by atoms with Crippen LogP contribution in [0.3, 0.4) is 0 Å². The van der Waals surface area contributed by atoms with Gasteiger partial charge in [-0.25, -0.2) is 0 Å². The van der Waals surface area contributed by atoms with Crippen molar-refractivity contribution in [2.24, 2.45) is 0 Å². The molecule has 1 N–H and O–H groups in total. The fourth-order valence-corrected chi connectivity index (χ4v) is 2.94. The van der Waals surface area contributed by atoms with Gasteiger partial charge in [0.05, 0.1) is 10.7 Å². The van der Waals surface area contributed by atoms with E-state index in [1.807, 2.05) is 24.3 Å². The van der Waals surface area contributed by atoms with Gasteiger partial charge in [0.15, 0.2) is 0 Å². The summed E-state index contributed by atoms with van der Waals surface area (Å²) in [5, 5.41) is 3.52. The summed E-state index contributed by atoms with van der Waals surface area (Å²) in [6.45, 7) is 2.08. The van der Waals surface area contributed by atoms with Gasteiger partial charge in [-0.2, -0.15) is 0 Å². The van der Waals surface area contributed by atoms with Crippen LogP contribution in [0.5, 0.6) is 0 Å². The second-order valence-electron chi connectivity index (χ2n) is 4.01. The SMILES string of the molecule is CCSc1ccccc1NC(=O)c1ccc(Cl)c(Br)c1. The molecule has 0 aromatic heterocycles. The van der Waals surface area contributed by atoms with Gasteiger partial charge in [0, 0.05) is 14.9 Å². The topological polar surface area (TPSA) is 29.1 Å². The Bertz CT molecular complexity index is 633. The number of anilines is 1. The Morgan fingerprint density at radius 3 is 2.75 bits per heavy atom. The molecule has 0 spiro atoms. The highest BCUT2D eigenvalue weighted by atomic mass is 79.9. The van der Waals surface area contributed by atoms with E-state index in [4.69, 9.17) is 11.6 Å². The summed E-state index contributed by atoms with van der Waals surface area (Å²) < 4.78 is 0.711. The van der Waals surface area contributed by atoms with Crippen molar-refractivity contribution in [3.63, 3.8) is 0 Å². The molecule has 2 aromatic rings. The number of para-hydroxylation sites is 1. The van der Waals surface area contributed by atoms with Gasteiger partial charge in [0.1, 0.15) is 0 Å². The highest BCUT2D eigenvalue weighted by molar-refractivity contribution is 9.10. The third-order valence-electron chi connectivity index (χ3n) is 2.62. The quantitative estimate of drug-likeness (QED) is 0.723. The molecule has 2 rings (SSSR count). The summed E-state index contributed by atoms with van der Waals surface area (Å²) >= 11 is 11.0. The van der Waals surface area contributed by atoms with Crippen molar-refractivity contribution in [3.8, 4) is 0 Å². The highest BCUT2D eigenvalue weighted by Crippen LogP contribution is 2.28. The summed E-state index contributed by atoms with van der Waals surface area (Å²) in [4.78, 5) is 13.3. The maximum atomic E-state index is 12.2. The monoisotopic (exact) mass is 369 g/mol. The number of hydrogen-bond acceptors (Lipinski definition) is 2. The first-order chi connectivity index (χ1) is 9.61. The van der Waals surface area contributed by atoms with Crippen molar-refractivity contribution in [1.82, 2.24) is 0 Å². The van der Waals surface area contributed by atoms with Crippen LogP contribution in [0.15, 0.2) is 51.8 Å². The van der Waals surface area contributed by atoms with Crippen LogP contribution < -0.4 is 5.32 Å². The molecule has 0 aliphatic carbocycles. The van der Waals surface area contributed by atoms with Gasteiger partial charge in [0.25, 0.3) is 5.91 Å². The lowest BCUT2D eigenvalue weighted by Crippen LogP contribution is -2.12. The zero-order valence-corrected chi connectivity index (χ0v) is 14.0. The molecule has 0 bridgehead atoms. The zero-order chi connectivity index (χ0) is 14.5. The average Bonchev–Trinajstić information content (AvgIpc) is 2.44. The fraction of sp³-hybridized carbons (Fsp3) is 0.133. The molecule has 2 aromatic carbocycles. The van der Waals surface area contributed by atoms with E-state index >= 15 is 0 Å². The number of carbonyl (C=O) groups excluding carboxylic acids is 1. The number of halogens is 2. The van der Waals surface area contributed by atoms with Gasteiger partial charge in [0.2, 0.25) is 0 Å². The minimum Gasteiger partial charge on any atom is -0.321 e. The zero-order valence-electron chi connectivity index (χ0n) is 10.8. The lowest BCUT2D eigenvalue weighted by Gasteiger charge is -2.10. The molecule has 0 atom stereocenters. The molecule has 0 radical (unpaired) electrons. The lowest BCUT2D eigenvalue weighted by molar-refractivity contribution is 0.102. The number of thioether (sulfide) groups is 1. The summed E-state index contributed by atoms with van der Waals surface area (Å²) in [6, 6.07) is 12.9. The Hall–Kier alpha value is -0.970. The largest absolute Gasteiger partial charge is 0.321 e. The second kappa shape index (κ2) is 7.16. The van der Waals surface area contributed by atoms with Crippen molar-refractivity contribution in [2.75, 3.05) is 11.1 Å². The van der Waals surface area contributed by atoms with Crippen molar-refractivity contribution >= 4 is 50.9 Å². The molecule has 0 saturated carbocycles. The average molecular weight is 371 g/mol. The number of carbonyl (C=O) groups is 1. The molecule has 1 amide bonds. The van der Waals surface area contributed by atoms with E-state index in [1.165, 1.54) is 0 Å². The van der Waals surface area contributed by atoms with Gasteiger partial charge in [-0.15, -0.1) is 11.8 Å². The summed E-state index contributed by atoms with van der Waals surface area (Å²) in [5.74, 6) is 0.811. The fourth-order valence-electron chi connectivity index (χ4n) is 1.68. The minimum absolute atomic E-state index is 0.147. The number of hydrogen-bond donors (Lipinski definition) is 1. The molecule has 0 saturated heterocycles. The van der Waals surface area contributed by atoms with Crippen LogP contribution in [-0.4, -0.2) is 11.7 Å². The van der Waals surface area contributed by atoms with Crippen molar-refractivity contribution in [2.45, 2.75) is 11.8 Å². The first-order valence-electron chi connectivity index (χ1n) is 6.10. The summed E-state index contributed by atoms with van der Waals surface area (Å²) in [7, 11) is 0. The van der Waals surface area contributed by atoms with Gasteiger partial charge in [-0.3, -0.25) is 4.79 Å². The highest BCUT2D eigenvalue weighted by Gasteiger charge is 2.10. The number of benzene rings is 2. The van der Waals surface area contributed by atoms with E-state index in [2.05, 4.69) is 28.2 Å². The number of amides is 1. The maximum absolute atomic E-state index is 12.2. The molecule has 0 unspecified atom stereocenters. The predicted molar refractivity (Wildman–Crippen MR) is 89.9 cm³/mol. The molecule has 20 heavy (non-hydrogen) atoms. The van der Waals surface area contributed by atoms with Gasteiger partial charge >= 0.3 is 0 Å². The Balaban J connectivity index is 2.21. The molecule has 0 aliphatic heterocycles. The van der Waals surface area contributed by atoms with Gasteiger partial charge < -0.3 is 5.32 Å². The van der Waals surface area contributed by atoms with Gasteiger partial charge in [-0.05, 0) is 52.0 Å². The van der Waals surface area contributed by atoms with E-state index in [0.29, 0.717) is 15.1 Å². The van der Waals surface area contributed by atoms with E-state index in [0.717, 1.165) is 16.3 Å². The van der Waals surface area contributed by atoms with Crippen molar-refractivity contribution < 1.29 is 4.79 Å². The van der Waals surface area contributed by atoms with Crippen LogP contribution in [0, 0.1) is 0 Å². The maximum Gasteiger partial charge on any atom is 0.255 e. The Morgan fingerprint density at radius 1 is 1.30 bits per heavy atom. The molecule has 2 nitrogen and oxygen atoms in total. The molecule has 104 valence electrons. The van der Waals surface area contributed by atoms with Crippen LogP contribution in [0.1, 0.15) is 17.3 Å². The van der Waals surface area contributed by atoms with Crippen LogP contribution in [0.4, 0.5) is 5.69 Å². The van der Waals surface area contributed by atoms with Crippen LogP contribution in [-0.2, 0) is 0 Å². The number of nitrogens with one attached hydrogen (secondary N) is 1. The van der Waals surface area contributed by atoms with E-state index in [9.17, 15) is 4.79 Å². The van der Waals surface area contributed by atoms with Crippen molar-refractivity contribution in [3.05, 3.63) is 57.5 Å². The first-order valence-corrected chi connectivity index (χ1v) is 8.25. The Labute approximate surface area is 136 Å². The van der Waals surface area contributed by atoms with Crippen LogP contribution in [0.25, 0.3) is 0 Å². The molecule has 0 fully saturated rings. The molecular weight excluding hydrogens is 358 g/mol. The Morgan fingerprint density at radius 2 is 2.05 bits per heavy atom.